The van der Waals surface area contributed by atoms with Crippen molar-refractivity contribution in [1.29, 1.82) is 0 Å². The third-order valence-corrected chi connectivity index (χ3v) is 2.87. The van der Waals surface area contributed by atoms with Crippen LogP contribution in [0.4, 0.5) is 11.6 Å². The van der Waals surface area contributed by atoms with Gasteiger partial charge in [0.1, 0.15) is 0 Å². The van der Waals surface area contributed by atoms with E-state index in [9.17, 15) is 0 Å². The molecule has 0 bridgehead atoms. The average Bonchev–Trinajstić information content (AvgIpc) is 2.37. The summed E-state index contributed by atoms with van der Waals surface area (Å²) in [6, 6.07) is 10.4. The lowest BCUT2D eigenvalue weighted by atomic mass is 10.2. The van der Waals surface area contributed by atoms with Crippen molar-refractivity contribution in [2.75, 3.05) is 17.2 Å². The van der Waals surface area contributed by atoms with E-state index in [2.05, 4.69) is 53.0 Å². The van der Waals surface area contributed by atoms with E-state index in [1.807, 2.05) is 6.07 Å². The minimum Gasteiger partial charge on any atom is -0.368 e. The van der Waals surface area contributed by atoms with Gasteiger partial charge in [-0.05, 0) is 32.0 Å². The van der Waals surface area contributed by atoms with E-state index < -0.39 is 0 Å². The minimum absolute atomic E-state index is 0.326. The van der Waals surface area contributed by atoms with Gasteiger partial charge < -0.3 is 10.6 Å². The van der Waals surface area contributed by atoms with E-state index in [0.29, 0.717) is 5.95 Å². The van der Waals surface area contributed by atoms with Crippen LogP contribution < -0.4 is 10.6 Å². The molecule has 0 atom stereocenters. The maximum Gasteiger partial charge on any atom is 0.220 e. The summed E-state index contributed by atoms with van der Waals surface area (Å²) in [7, 11) is 0. The first-order valence-electron chi connectivity index (χ1n) is 6.08. The van der Waals surface area contributed by atoms with Gasteiger partial charge in [0, 0.05) is 18.4 Å². The Morgan fingerprint density at radius 2 is 1.89 bits per heavy atom. The highest BCUT2D eigenvalue weighted by Gasteiger charge is 2.06. The molecule has 2 N–H and O–H groups in total. The molecule has 4 heteroatoms. The third-order valence-electron chi connectivity index (χ3n) is 2.87. The molecule has 0 spiro atoms. The minimum atomic E-state index is 0.326. The molecule has 0 saturated heterocycles. The van der Waals surface area contributed by atoms with E-state index in [1.54, 1.807) is 6.20 Å². The lowest BCUT2D eigenvalue weighted by Gasteiger charge is -2.22. The molecule has 18 heavy (non-hydrogen) atoms. The highest BCUT2D eigenvalue weighted by Crippen LogP contribution is 2.17. The average molecular weight is 242 g/mol. The molecule has 0 amide bonds. The molecule has 4 nitrogen and oxygen atoms in total. The van der Waals surface area contributed by atoms with Gasteiger partial charge in [-0.2, -0.15) is 0 Å². The molecule has 0 radical (unpaired) electrons. The normalized spacial score (nSPS) is 10.3. The number of nitrogen functional groups attached to an aromatic ring is 1. The summed E-state index contributed by atoms with van der Waals surface area (Å²) in [5.74, 6) is 0.326. The molecule has 1 aromatic carbocycles. The summed E-state index contributed by atoms with van der Waals surface area (Å²) >= 11 is 0. The van der Waals surface area contributed by atoms with Crippen molar-refractivity contribution >= 4 is 11.6 Å². The first-order valence-corrected chi connectivity index (χ1v) is 6.08. The standard InChI is InChI=1S/C14H18N4/c1-3-18(13-6-4-11(2)5-7-13)10-12-8-9-16-14(15)17-12/h4-9H,3,10H2,1-2H3,(H2,15,16,17). The van der Waals surface area contributed by atoms with Crippen molar-refractivity contribution in [3.63, 3.8) is 0 Å². The second kappa shape index (κ2) is 5.49. The molecule has 1 heterocycles. The number of aromatic nitrogens is 2. The summed E-state index contributed by atoms with van der Waals surface area (Å²) in [6.45, 7) is 5.88. The van der Waals surface area contributed by atoms with Crippen molar-refractivity contribution in [3.05, 3.63) is 47.8 Å². The topological polar surface area (TPSA) is 55.0 Å². The number of aryl methyl sites for hydroxylation is 1. The second-order valence-electron chi connectivity index (χ2n) is 4.26. The summed E-state index contributed by atoms with van der Waals surface area (Å²) in [6.07, 6.45) is 1.70. The lowest BCUT2D eigenvalue weighted by molar-refractivity contribution is 0.807. The molecule has 2 aromatic rings. The van der Waals surface area contributed by atoms with Crippen molar-refractivity contribution < 1.29 is 0 Å². The number of hydrogen-bond acceptors (Lipinski definition) is 4. The Bertz CT molecular complexity index is 507. The van der Waals surface area contributed by atoms with Crippen molar-refractivity contribution in [1.82, 2.24) is 9.97 Å². The maximum atomic E-state index is 5.59. The Balaban J connectivity index is 2.17. The van der Waals surface area contributed by atoms with Gasteiger partial charge in [-0.15, -0.1) is 0 Å². The predicted molar refractivity (Wildman–Crippen MR) is 74.3 cm³/mol. The van der Waals surface area contributed by atoms with Crippen molar-refractivity contribution in [2.24, 2.45) is 0 Å². The number of nitrogens with two attached hydrogens (primary N) is 1. The Morgan fingerprint density at radius 3 is 2.50 bits per heavy atom. The lowest BCUT2D eigenvalue weighted by Crippen LogP contribution is -2.22. The quantitative estimate of drug-likeness (QED) is 0.894. The zero-order valence-electron chi connectivity index (χ0n) is 10.8. The first-order chi connectivity index (χ1) is 8.69. The van der Waals surface area contributed by atoms with E-state index >= 15 is 0 Å². The molecule has 0 saturated carbocycles. The van der Waals surface area contributed by atoms with Gasteiger partial charge in [0.05, 0.1) is 12.2 Å². The highest BCUT2D eigenvalue weighted by atomic mass is 15.1. The van der Waals surface area contributed by atoms with Gasteiger partial charge in [0.2, 0.25) is 5.95 Å². The third kappa shape index (κ3) is 2.97. The zero-order chi connectivity index (χ0) is 13.0. The van der Waals surface area contributed by atoms with Gasteiger partial charge in [-0.25, -0.2) is 9.97 Å². The van der Waals surface area contributed by atoms with Crippen molar-refractivity contribution in [2.45, 2.75) is 20.4 Å². The van der Waals surface area contributed by atoms with Gasteiger partial charge in [-0.1, -0.05) is 17.7 Å². The van der Waals surface area contributed by atoms with E-state index in [4.69, 9.17) is 5.73 Å². The van der Waals surface area contributed by atoms with Crippen LogP contribution in [0.25, 0.3) is 0 Å². The van der Waals surface area contributed by atoms with Gasteiger partial charge in [-0.3, -0.25) is 0 Å². The molecule has 94 valence electrons. The highest BCUT2D eigenvalue weighted by molar-refractivity contribution is 5.47. The fourth-order valence-electron chi connectivity index (χ4n) is 1.84. The predicted octanol–water partition coefficient (Wildman–Crippen LogP) is 2.39. The van der Waals surface area contributed by atoms with Gasteiger partial charge in [0.15, 0.2) is 0 Å². The van der Waals surface area contributed by atoms with Crippen LogP contribution in [-0.4, -0.2) is 16.5 Å². The second-order valence-corrected chi connectivity index (χ2v) is 4.26. The summed E-state index contributed by atoms with van der Waals surface area (Å²) in [5, 5.41) is 0. The molecule has 0 fully saturated rings. The van der Waals surface area contributed by atoms with Crippen LogP contribution in [0.15, 0.2) is 36.5 Å². The summed E-state index contributed by atoms with van der Waals surface area (Å²) in [4.78, 5) is 10.4. The molecule has 0 aliphatic rings. The monoisotopic (exact) mass is 242 g/mol. The zero-order valence-corrected chi connectivity index (χ0v) is 10.8. The van der Waals surface area contributed by atoms with E-state index in [0.717, 1.165) is 18.8 Å². The van der Waals surface area contributed by atoms with E-state index in [-0.39, 0.29) is 0 Å². The number of nitrogens with zero attached hydrogens (tertiary/aromatic N) is 3. The van der Waals surface area contributed by atoms with Crippen LogP contribution in [0.2, 0.25) is 0 Å². The smallest absolute Gasteiger partial charge is 0.220 e. The number of benzene rings is 1. The van der Waals surface area contributed by atoms with Gasteiger partial charge >= 0.3 is 0 Å². The van der Waals surface area contributed by atoms with Gasteiger partial charge in [0.25, 0.3) is 0 Å². The molecule has 0 unspecified atom stereocenters. The van der Waals surface area contributed by atoms with Crippen LogP contribution >= 0.6 is 0 Å². The molecular formula is C14H18N4. The Labute approximate surface area is 107 Å². The van der Waals surface area contributed by atoms with E-state index in [1.165, 1.54) is 11.3 Å². The first kappa shape index (κ1) is 12.4. The molecule has 2 rings (SSSR count). The Morgan fingerprint density at radius 1 is 1.17 bits per heavy atom. The Kier molecular flexibility index (Phi) is 3.77. The SMILES string of the molecule is CCN(Cc1ccnc(N)n1)c1ccc(C)cc1. The van der Waals surface area contributed by atoms with Crippen LogP contribution in [0.1, 0.15) is 18.2 Å². The molecule has 0 aliphatic carbocycles. The van der Waals surface area contributed by atoms with Crippen LogP contribution in [-0.2, 0) is 6.54 Å². The molecule has 1 aromatic heterocycles. The van der Waals surface area contributed by atoms with Crippen LogP contribution in [0, 0.1) is 6.92 Å². The largest absolute Gasteiger partial charge is 0.368 e. The number of rotatable bonds is 4. The van der Waals surface area contributed by atoms with Crippen LogP contribution in [0.5, 0.6) is 0 Å². The maximum absolute atomic E-state index is 5.59. The van der Waals surface area contributed by atoms with Crippen LogP contribution in [0.3, 0.4) is 0 Å². The Hall–Kier alpha value is -2.10. The number of anilines is 2. The fraction of sp³-hybridized carbons (Fsp3) is 0.286. The summed E-state index contributed by atoms with van der Waals surface area (Å²) < 4.78 is 0. The van der Waals surface area contributed by atoms with Crippen molar-refractivity contribution in [3.8, 4) is 0 Å². The number of hydrogen-bond donors (Lipinski definition) is 1. The molecular weight excluding hydrogens is 224 g/mol. The molecule has 0 aliphatic heterocycles. The summed E-state index contributed by atoms with van der Waals surface area (Å²) in [5.41, 5.74) is 8.99. The fourth-order valence-corrected chi connectivity index (χ4v) is 1.84.